The molecule has 0 spiro atoms. The fourth-order valence-electron chi connectivity index (χ4n) is 2.88. The van der Waals surface area contributed by atoms with E-state index in [1.54, 1.807) is 9.80 Å². The summed E-state index contributed by atoms with van der Waals surface area (Å²) in [6.45, 7) is 9.12. The van der Waals surface area contributed by atoms with Crippen molar-refractivity contribution < 1.29 is 9.59 Å². The molecular formula is C17H24N2O2. The minimum Gasteiger partial charge on any atom is -0.339 e. The molecule has 1 atom stereocenters. The first-order valence-electron chi connectivity index (χ1n) is 7.61. The summed E-state index contributed by atoms with van der Waals surface area (Å²) >= 11 is 0. The molecule has 1 aromatic rings. The van der Waals surface area contributed by atoms with Crippen LogP contribution in [0.2, 0.25) is 0 Å². The van der Waals surface area contributed by atoms with Crippen molar-refractivity contribution in [1.82, 2.24) is 4.90 Å². The maximum Gasteiger partial charge on any atom is 0.232 e. The quantitative estimate of drug-likeness (QED) is 0.854. The number of likely N-dealkylation sites (tertiary alicyclic amines) is 1. The highest BCUT2D eigenvalue weighted by atomic mass is 16.2. The molecule has 0 bridgehead atoms. The standard InChI is InChI=1S/C17H24N2O2/c1-5-18(15-8-6-7-13(4)9-15)17(21)14-10-16(20)19(11-14)12(2)3/h6-9,12,14H,5,10-11H2,1-4H3/t14-/m0/s1. The monoisotopic (exact) mass is 288 g/mol. The van der Waals surface area contributed by atoms with Gasteiger partial charge in [0.2, 0.25) is 11.8 Å². The average Bonchev–Trinajstić information content (AvgIpc) is 2.82. The molecule has 1 aliphatic heterocycles. The number of carbonyl (C=O) groups excluding carboxylic acids is 2. The topological polar surface area (TPSA) is 40.6 Å². The zero-order valence-corrected chi connectivity index (χ0v) is 13.3. The van der Waals surface area contributed by atoms with Crippen LogP contribution in [0.3, 0.4) is 0 Å². The molecule has 2 amide bonds. The number of hydrogen-bond acceptors (Lipinski definition) is 2. The smallest absolute Gasteiger partial charge is 0.232 e. The van der Waals surface area contributed by atoms with Gasteiger partial charge in [-0.3, -0.25) is 9.59 Å². The summed E-state index contributed by atoms with van der Waals surface area (Å²) in [7, 11) is 0. The lowest BCUT2D eigenvalue weighted by molar-refractivity contribution is -0.129. The highest BCUT2D eigenvalue weighted by molar-refractivity contribution is 5.99. The van der Waals surface area contributed by atoms with Crippen molar-refractivity contribution in [3.8, 4) is 0 Å². The minimum absolute atomic E-state index is 0.0552. The lowest BCUT2D eigenvalue weighted by atomic mass is 10.1. The van der Waals surface area contributed by atoms with Crippen LogP contribution in [0.4, 0.5) is 5.69 Å². The summed E-state index contributed by atoms with van der Waals surface area (Å²) in [5.74, 6) is -0.0800. The van der Waals surface area contributed by atoms with Gasteiger partial charge in [0.1, 0.15) is 0 Å². The fraction of sp³-hybridized carbons (Fsp3) is 0.529. The zero-order valence-electron chi connectivity index (χ0n) is 13.3. The molecule has 0 radical (unpaired) electrons. The van der Waals surface area contributed by atoms with Gasteiger partial charge in [-0.2, -0.15) is 0 Å². The lowest BCUT2D eigenvalue weighted by Crippen LogP contribution is -2.38. The summed E-state index contributed by atoms with van der Waals surface area (Å²) in [6, 6.07) is 8.09. The second-order valence-corrected chi connectivity index (χ2v) is 5.96. The number of benzene rings is 1. The third-order valence-corrected chi connectivity index (χ3v) is 4.03. The van der Waals surface area contributed by atoms with E-state index in [0.717, 1.165) is 11.3 Å². The van der Waals surface area contributed by atoms with Crippen LogP contribution >= 0.6 is 0 Å². The Balaban J connectivity index is 2.16. The lowest BCUT2D eigenvalue weighted by Gasteiger charge is -2.25. The largest absolute Gasteiger partial charge is 0.339 e. The maximum absolute atomic E-state index is 12.7. The van der Waals surface area contributed by atoms with Crippen LogP contribution in [0.15, 0.2) is 24.3 Å². The van der Waals surface area contributed by atoms with E-state index in [-0.39, 0.29) is 23.8 Å². The zero-order chi connectivity index (χ0) is 15.6. The molecule has 114 valence electrons. The van der Waals surface area contributed by atoms with Gasteiger partial charge >= 0.3 is 0 Å². The Bertz CT molecular complexity index is 539. The van der Waals surface area contributed by atoms with Gasteiger partial charge in [0.05, 0.1) is 5.92 Å². The molecule has 1 saturated heterocycles. The Morgan fingerprint density at radius 3 is 2.67 bits per heavy atom. The van der Waals surface area contributed by atoms with Gasteiger partial charge in [0.15, 0.2) is 0 Å². The second-order valence-electron chi connectivity index (χ2n) is 5.96. The van der Waals surface area contributed by atoms with Crippen molar-refractivity contribution in [3.63, 3.8) is 0 Å². The van der Waals surface area contributed by atoms with Crippen molar-refractivity contribution in [3.05, 3.63) is 29.8 Å². The molecule has 0 saturated carbocycles. The molecule has 0 aliphatic carbocycles. The third kappa shape index (κ3) is 3.26. The number of amides is 2. The third-order valence-electron chi connectivity index (χ3n) is 4.03. The Labute approximate surface area is 126 Å². The van der Waals surface area contributed by atoms with E-state index in [4.69, 9.17) is 0 Å². The summed E-state index contributed by atoms with van der Waals surface area (Å²) in [5.41, 5.74) is 2.04. The summed E-state index contributed by atoms with van der Waals surface area (Å²) in [6.07, 6.45) is 0.333. The summed E-state index contributed by atoms with van der Waals surface area (Å²) < 4.78 is 0. The first-order valence-corrected chi connectivity index (χ1v) is 7.61. The Kier molecular flexibility index (Phi) is 4.66. The van der Waals surface area contributed by atoms with Crippen LogP contribution in [0.5, 0.6) is 0 Å². The van der Waals surface area contributed by atoms with E-state index in [0.29, 0.717) is 19.5 Å². The molecule has 0 aromatic heterocycles. The maximum atomic E-state index is 12.7. The summed E-state index contributed by atoms with van der Waals surface area (Å²) in [5, 5.41) is 0. The predicted octanol–water partition coefficient (Wildman–Crippen LogP) is 2.60. The molecule has 1 aromatic carbocycles. The van der Waals surface area contributed by atoms with E-state index in [9.17, 15) is 9.59 Å². The van der Waals surface area contributed by atoms with Crippen molar-refractivity contribution in [2.24, 2.45) is 5.92 Å². The van der Waals surface area contributed by atoms with Crippen LogP contribution in [0.25, 0.3) is 0 Å². The SMILES string of the molecule is CCN(C(=O)[C@H]1CC(=O)N(C(C)C)C1)c1cccc(C)c1. The first kappa shape index (κ1) is 15.5. The van der Waals surface area contributed by atoms with Gasteiger partial charge in [-0.05, 0) is 45.4 Å². The molecule has 0 N–H and O–H groups in total. The Morgan fingerprint density at radius 1 is 1.43 bits per heavy atom. The highest BCUT2D eigenvalue weighted by Crippen LogP contribution is 2.25. The Hall–Kier alpha value is -1.84. The fourth-order valence-corrected chi connectivity index (χ4v) is 2.88. The van der Waals surface area contributed by atoms with E-state index in [1.165, 1.54) is 0 Å². The van der Waals surface area contributed by atoms with E-state index in [2.05, 4.69) is 0 Å². The molecule has 1 fully saturated rings. The van der Waals surface area contributed by atoms with Gasteiger partial charge in [0, 0.05) is 31.2 Å². The Morgan fingerprint density at radius 2 is 2.14 bits per heavy atom. The van der Waals surface area contributed by atoms with Crippen LogP contribution < -0.4 is 4.90 Å². The number of carbonyl (C=O) groups is 2. The first-order chi connectivity index (χ1) is 9.93. The molecule has 21 heavy (non-hydrogen) atoms. The van der Waals surface area contributed by atoms with Crippen molar-refractivity contribution >= 4 is 17.5 Å². The van der Waals surface area contributed by atoms with Gasteiger partial charge in [0.25, 0.3) is 0 Å². The van der Waals surface area contributed by atoms with E-state index in [1.807, 2.05) is 52.0 Å². The number of rotatable bonds is 4. The van der Waals surface area contributed by atoms with E-state index < -0.39 is 0 Å². The molecule has 1 aliphatic rings. The van der Waals surface area contributed by atoms with Crippen LogP contribution in [0, 0.1) is 12.8 Å². The van der Waals surface area contributed by atoms with Gasteiger partial charge in [-0.25, -0.2) is 0 Å². The van der Waals surface area contributed by atoms with Crippen LogP contribution in [0.1, 0.15) is 32.8 Å². The molecule has 4 nitrogen and oxygen atoms in total. The number of aryl methyl sites for hydroxylation is 1. The van der Waals surface area contributed by atoms with E-state index >= 15 is 0 Å². The van der Waals surface area contributed by atoms with Gasteiger partial charge in [-0.1, -0.05) is 12.1 Å². The summed E-state index contributed by atoms with van der Waals surface area (Å²) in [4.78, 5) is 28.3. The number of nitrogens with zero attached hydrogens (tertiary/aromatic N) is 2. The van der Waals surface area contributed by atoms with Gasteiger partial charge < -0.3 is 9.80 Å². The number of hydrogen-bond donors (Lipinski definition) is 0. The molecule has 1 heterocycles. The van der Waals surface area contributed by atoms with Crippen molar-refractivity contribution in [2.75, 3.05) is 18.0 Å². The van der Waals surface area contributed by atoms with Crippen molar-refractivity contribution in [1.29, 1.82) is 0 Å². The minimum atomic E-state index is -0.222. The average molecular weight is 288 g/mol. The van der Waals surface area contributed by atoms with Crippen molar-refractivity contribution in [2.45, 2.75) is 40.2 Å². The normalized spacial score (nSPS) is 18.4. The number of anilines is 1. The highest BCUT2D eigenvalue weighted by Gasteiger charge is 2.37. The molecule has 4 heteroatoms. The second kappa shape index (κ2) is 6.29. The molecule has 0 unspecified atom stereocenters. The van der Waals surface area contributed by atoms with Gasteiger partial charge in [-0.15, -0.1) is 0 Å². The molecule has 2 rings (SSSR count). The molecular weight excluding hydrogens is 264 g/mol. The van der Waals surface area contributed by atoms with Crippen LogP contribution in [-0.2, 0) is 9.59 Å². The predicted molar refractivity (Wildman–Crippen MR) is 84.2 cm³/mol. The van der Waals surface area contributed by atoms with Crippen LogP contribution in [-0.4, -0.2) is 35.8 Å².